The van der Waals surface area contributed by atoms with Crippen LogP contribution in [0.2, 0.25) is 5.02 Å². The highest BCUT2D eigenvalue weighted by Crippen LogP contribution is 2.27. The third kappa shape index (κ3) is 6.74. The van der Waals surface area contributed by atoms with E-state index in [2.05, 4.69) is 25.0 Å². The molecule has 0 unspecified atom stereocenters. The Morgan fingerprint density at radius 3 is 2.12 bits per heavy atom. The molecule has 6 nitrogen and oxygen atoms in total. The quantitative estimate of drug-likeness (QED) is 0.389. The van der Waals surface area contributed by atoms with Crippen LogP contribution < -0.4 is 10.2 Å². The molecule has 3 aromatic rings. The van der Waals surface area contributed by atoms with E-state index in [0.717, 1.165) is 70.3 Å². The van der Waals surface area contributed by atoms with Crippen molar-refractivity contribution < 1.29 is 23.8 Å². The van der Waals surface area contributed by atoms with E-state index in [0.29, 0.717) is 29.0 Å². The van der Waals surface area contributed by atoms with Crippen LogP contribution in [0.4, 0.5) is 23.4 Å². The van der Waals surface area contributed by atoms with Crippen LogP contribution in [0.25, 0.3) is 0 Å². The zero-order valence-corrected chi connectivity index (χ0v) is 22.6. The van der Waals surface area contributed by atoms with E-state index in [9.17, 15) is 22.4 Å². The molecule has 0 radical (unpaired) electrons. The highest BCUT2D eigenvalue weighted by molar-refractivity contribution is 6.33. The molecule has 40 heavy (non-hydrogen) atoms. The van der Waals surface area contributed by atoms with Crippen LogP contribution in [0.3, 0.4) is 0 Å². The molecule has 0 spiro atoms. The number of piperazine rings is 1. The second-order valence-electron chi connectivity index (χ2n) is 10.2. The summed E-state index contributed by atoms with van der Waals surface area (Å²) in [5.41, 5.74) is 0.945. The van der Waals surface area contributed by atoms with Gasteiger partial charge in [0.05, 0.1) is 10.6 Å². The Hall–Kier alpha value is -3.21. The number of hydrogen-bond acceptors (Lipinski definition) is 5. The van der Waals surface area contributed by atoms with Crippen LogP contribution in [0.5, 0.6) is 0 Å². The average molecular weight is 578 g/mol. The molecule has 1 aromatic heterocycles. The minimum atomic E-state index is -0.725. The first-order chi connectivity index (χ1) is 19.3. The lowest BCUT2D eigenvalue weighted by Gasteiger charge is -2.43. The van der Waals surface area contributed by atoms with Gasteiger partial charge < -0.3 is 10.2 Å². The first kappa shape index (κ1) is 28.3. The Labute approximate surface area is 237 Å². The van der Waals surface area contributed by atoms with Gasteiger partial charge in [-0.2, -0.15) is 0 Å². The lowest BCUT2D eigenvalue weighted by atomic mass is 10.0. The lowest BCUT2D eigenvalue weighted by molar-refractivity contribution is 0.0950. The van der Waals surface area contributed by atoms with E-state index < -0.39 is 29.2 Å². The van der Waals surface area contributed by atoms with E-state index in [1.54, 1.807) is 6.07 Å². The Morgan fingerprint density at radius 1 is 0.900 bits per heavy atom. The van der Waals surface area contributed by atoms with E-state index in [-0.39, 0.29) is 19.1 Å². The van der Waals surface area contributed by atoms with E-state index in [1.165, 1.54) is 24.4 Å². The first-order valence-electron chi connectivity index (χ1n) is 13.3. The van der Waals surface area contributed by atoms with Crippen LogP contribution in [-0.4, -0.2) is 66.0 Å². The van der Waals surface area contributed by atoms with Crippen molar-refractivity contribution in [3.63, 3.8) is 0 Å². The number of halogens is 5. The molecule has 2 aliphatic rings. The number of carbonyl (C=O) groups is 1. The summed E-state index contributed by atoms with van der Waals surface area (Å²) < 4.78 is 54.1. The minimum absolute atomic E-state index is 0. The first-order valence-corrected chi connectivity index (χ1v) is 13.7. The molecule has 0 atom stereocenters. The molecular weight excluding hydrogens is 546 g/mol. The number of carbonyl (C=O) groups excluding carboxylic acids is 1. The zero-order chi connectivity index (χ0) is 28.2. The van der Waals surface area contributed by atoms with Gasteiger partial charge in [-0.3, -0.25) is 14.6 Å². The van der Waals surface area contributed by atoms with Crippen molar-refractivity contribution in [2.45, 2.75) is 32.0 Å². The topological polar surface area (TPSA) is 51.7 Å². The molecule has 0 aliphatic carbocycles. The van der Waals surface area contributed by atoms with Gasteiger partial charge in [-0.15, -0.1) is 0 Å². The van der Waals surface area contributed by atoms with Crippen molar-refractivity contribution in [2.24, 2.45) is 0 Å². The van der Waals surface area contributed by atoms with Gasteiger partial charge in [-0.05, 0) is 44.1 Å². The number of amides is 1. The Morgan fingerprint density at radius 2 is 1.52 bits per heavy atom. The minimum Gasteiger partial charge on any atom is -0.353 e. The molecule has 2 saturated heterocycles. The summed E-state index contributed by atoms with van der Waals surface area (Å²) >= 11 is 6.50. The summed E-state index contributed by atoms with van der Waals surface area (Å²) in [6, 6.07) is 8.94. The van der Waals surface area contributed by atoms with E-state index in [4.69, 9.17) is 11.6 Å². The summed E-state index contributed by atoms with van der Waals surface area (Å²) in [7, 11) is 0. The van der Waals surface area contributed by atoms with Gasteiger partial charge in [-0.25, -0.2) is 22.5 Å². The summed E-state index contributed by atoms with van der Waals surface area (Å²) in [5.74, 6) is -2.31. The summed E-state index contributed by atoms with van der Waals surface area (Å²) in [5, 5.41) is 2.96. The second-order valence-corrected chi connectivity index (χ2v) is 10.6. The molecule has 2 fully saturated rings. The monoisotopic (exact) mass is 577 g/mol. The van der Waals surface area contributed by atoms with Gasteiger partial charge >= 0.3 is 0 Å². The van der Waals surface area contributed by atoms with Crippen molar-refractivity contribution in [1.82, 2.24) is 20.1 Å². The van der Waals surface area contributed by atoms with Crippen molar-refractivity contribution in [3.8, 4) is 0 Å². The molecule has 0 saturated carbocycles. The fourth-order valence-electron chi connectivity index (χ4n) is 5.36. The smallest absolute Gasteiger partial charge is 0.253 e. The fraction of sp³-hybridized carbons (Fsp3) is 0.379. The maximum Gasteiger partial charge on any atom is 0.253 e. The zero-order valence-electron chi connectivity index (χ0n) is 21.9. The molecule has 214 valence electrons. The van der Waals surface area contributed by atoms with Gasteiger partial charge in [0, 0.05) is 76.2 Å². The molecule has 0 bridgehead atoms. The highest BCUT2D eigenvalue weighted by Gasteiger charge is 2.29. The number of nitrogens with zero attached hydrogens (tertiary/aromatic N) is 4. The second kappa shape index (κ2) is 12.5. The van der Waals surface area contributed by atoms with Crippen LogP contribution >= 0.6 is 11.6 Å². The van der Waals surface area contributed by atoms with Gasteiger partial charge in [0.15, 0.2) is 0 Å². The number of nitrogens with one attached hydrogen (secondary N) is 1. The predicted octanol–water partition coefficient (Wildman–Crippen LogP) is 5.25. The van der Waals surface area contributed by atoms with E-state index in [1.807, 2.05) is 0 Å². The number of benzene rings is 2. The summed E-state index contributed by atoms with van der Waals surface area (Å²) in [4.78, 5) is 23.8. The maximum absolute atomic E-state index is 14.0. The normalized spacial score (nSPS) is 17.3. The van der Waals surface area contributed by atoms with Gasteiger partial charge in [0.1, 0.15) is 29.1 Å². The largest absolute Gasteiger partial charge is 0.353 e. The number of rotatable bonds is 7. The van der Waals surface area contributed by atoms with Crippen LogP contribution in [0, 0.1) is 23.3 Å². The molecule has 3 heterocycles. The highest BCUT2D eigenvalue weighted by atomic mass is 35.5. The molecule has 11 heteroatoms. The number of pyridine rings is 1. The molecule has 1 amide bonds. The van der Waals surface area contributed by atoms with Crippen LogP contribution in [0.15, 0.2) is 48.7 Å². The van der Waals surface area contributed by atoms with Crippen molar-refractivity contribution >= 4 is 23.3 Å². The summed E-state index contributed by atoms with van der Waals surface area (Å²) in [6.07, 6.45) is 3.41. The van der Waals surface area contributed by atoms with E-state index >= 15 is 0 Å². The molecule has 2 aliphatic heterocycles. The van der Waals surface area contributed by atoms with Crippen molar-refractivity contribution in [2.75, 3.05) is 44.2 Å². The SMILES string of the molecule is O=C(NCc1ccc(F)cc1F)c1cnc(N2CCN(C3CCN(Cc4ccc(F)cc4F)CC3)CC2)c(Cl)c1.[HH]. The standard InChI is InChI=1S/C29H30ClF4N5O.H2/c30-25-13-21(29(40)36-16-19-1-3-22(31)14-26(19)33)17-35-28(25)39-11-9-38(10-12-39)24-5-7-37(8-6-24)18-20-2-4-23(32)15-27(20)34;/h1-4,13-15,17,24H,5-12,16,18H2,(H,36,40);1H. The Balaban J connectivity index is 0.00000387. The van der Waals surface area contributed by atoms with Gasteiger partial charge in [-0.1, -0.05) is 23.7 Å². The van der Waals surface area contributed by atoms with Crippen LogP contribution in [-0.2, 0) is 13.1 Å². The Kier molecular flexibility index (Phi) is 8.87. The average Bonchev–Trinajstić information content (AvgIpc) is 2.94. The van der Waals surface area contributed by atoms with Gasteiger partial charge in [0.2, 0.25) is 0 Å². The van der Waals surface area contributed by atoms with Crippen LogP contribution in [0.1, 0.15) is 35.8 Å². The summed E-state index contributed by atoms with van der Waals surface area (Å²) in [6.45, 7) is 5.27. The van der Waals surface area contributed by atoms with Crippen molar-refractivity contribution in [1.29, 1.82) is 0 Å². The number of hydrogen-bond donors (Lipinski definition) is 1. The lowest BCUT2D eigenvalue weighted by Crippen LogP contribution is -2.53. The maximum atomic E-state index is 14.0. The third-order valence-electron chi connectivity index (χ3n) is 7.63. The number of aromatic nitrogens is 1. The molecule has 2 aromatic carbocycles. The molecule has 5 rings (SSSR count). The fourth-order valence-corrected chi connectivity index (χ4v) is 5.65. The molecule has 1 N–H and O–H groups in total. The Bertz CT molecular complexity index is 1370. The number of anilines is 1. The number of likely N-dealkylation sites (tertiary alicyclic amines) is 1. The third-order valence-corrected chi connectivity index (χ3v) is 7.91. The van der Waals surface area contributed by atoms with Crippen molar-refractivity contribution in [3.05, 3.63) is 93.6 Å². The number of piperidine rings is 1. The van der Waals surface area contributed by atoms with Gasteiger partial charge in [0.25, 0.3) is 5.91 Å². The predicted molar refractivity (Wildman–Crippen MR) is 147 cm³/mol. The molecular formula is C29H32ClF4N5O.